The number of amides is 7. The number of benzene rings is 2. The van der Waals surface area contributed by atoms with E-state index in [-0.39, 0.29) is 88.4 Å². The summed E-state index contributed by atoms with van der Waals surface area (Å²) in [7, 11) is 0. The van der Waals surface area contributed by atoms with Gasteiger partial charge in [0.05, 0.1) is 124 Å². The van der Waals surface area contributed by atoms with Crippen molar-refractivity contribution in [2.75, 3.05) is 145 Å². The lowest BCUT2D eigenvalue weighted by Gasteiger charge is -2.41. The van der Waals surface area contributed by atoms with Crippen molar-refractivity contribution in [2.24, 2.45) is 10.8 Å². The van der Waals surface area contributed by atoms with E-state index in [1.54, 1.807) is 26.1 Å². The number of nitrogens with zero attached hydrogens (tertiary/aromatic N) is 3. The molecular formula is C60H89F2N7O16. The summed E-state index contributed by atoms with van der Waals surface area (Å²) < 4.78 is 75.2. The summed E-state index contributed by atoms with van der Waals surface area (Å²) in [4.78, 5) is 90.4. The first-order valence-electron chi connectivity index (χ1n) is 28.9. The summed E-state index contributed by atoms with van der Waals surface area (Å²) in [5, 5.41) is 20.7. The standard InChI is InChI=1S/C60H89F2N7O16/c1-44(57(76)64-17-10-19-68(55(75)43-70)56(59(2,3)4)50-37-46(48-38-47(61)13-14-49(48)62)42-67(50)41-45-11-8-7-9-12-45)66-53(73)40-65-52(72)16-21-78-23-25-80-27-29-82-31-33-84-35-36-85-34-32-83-30-28-81-26-24-79-22-18-63-51(71)15-20-69-54(74)39-60(5,6)58(69)77/h7-9,11-14,37-38,42,44,56,70H,10,15-36,39-41,43H2,1-6H3,(H,63,71)(H,64,76)(H,65,72)(H,66,73)/t44-,56-/m0/s1. The molecule has 4 rings (SSSR count). The number of aromatic nitrogens is 1. The molecule has 1 fully saturated rings. The number of likely N-dealkylation sites (tertiary alicyclic amines) is 1. The lowest BCUT2D eigenvalue weighted by Crippen LogP contribution is -2.48. The molecule has 5 N–H and O–H groups in total. The fraction of sp³-hybridized carbons (Fsp3) is 0.617. The summed E-state index contributed by atoms with van der Waals surface area (Å²) in [5.74, 6) is -4.00. The second kappa shape index (κ2) is 38.7. The van der Waals surface area contributed by atoms with Gasteiger partial charge in [-0.2, -0.15) is 0 Å². The summed E-state index contributed by atoms with van der Waals surface area (Å²) in [6.07, 6.45) is 2.22. The zero-order chi connectivity index (χ0) is 62.0. The molecule has 2 atom stereocenters. The maximum Gasteiger partial charge on any atom is 0.248 e. The molecule has 0 radical (unpaired) electrons. The Kier molecular flexibility index (Phi) is 32.4. The molecule has 1 aromatic heterocycles. The number of aliphatic hydroxyl groups excluding tert-OH is 1. The number of hydrogen-bond acceptors (Lipinski definition) is 16. The Morgan fingerprint density at radius 1 is 0.682 bits per heavy atom. The Hall–Kier alpha value is -6.29. The SMILES string of the molecule is C[C@H](NC(=O)CNC(=O)CCOCCOCCOCCOCCOCCOCCOCCOCCNC(=O)CCN1C(=O)CC(C)(C)C1=O)C(=O)NCCCN(C(=O)CO)[C@@H](c1cc(-c2cc(F)ccc2F)cn1Cc1ccccc1)C(C)(C)C. The fourth-order valence-electron chi connectivity index (χ4n) is 8.96. The first kappa shape index (κ1) is 71.2. The fourth-order valence-corrected chi connectivity index (χ4v) is 8.96. The van der Waals surface area contributed by atoms with Crippen molar-refractivity contribution in [3.8, 4) is 11.1 Å². The van der Waals surface area contributed by atoms with E-state index in [4.69, 9.17) is 37.9 Å². The van der Waals surface area contributed by atoms with Crippen LogP contribution in [0.3, 0.4) is 0 Å². The number of rotatable bonds is 44. The largest absolute Gasteiger partial charge is 0.387 e. The minimum absolute atomic E-state index is 0.00274. The Morgan fingerprint density at radius 3 is 1.75 bits per heavy atom. The van der Waals surface area contributed by atoms with Crippen molar-refractivity contribution in [2.45, 2.75) is 85.9 Å². The molecule has 3 aromatic rings. The summed E-state index contributed by atoms with van der Waals surface area (Å²) in [5.41, 5.74) is 0.719. The van der Waals surface area contributed by atoms with Gasteiger partial charge < -0.3 is 73.7 Å². The van der Waals surface area contributed by atoms with Gasteiger partial charge in [0.15, 0.2) is 0 Å². The number of carbonyl (C=O) groups excluding carboxylic acids is 7. The normalized spacial score (nSPS) is 13.9. The van der Waals surface area contributed by atoms with Crippen LogP contribution in [-0.2, 0) is 78.0 Å². The molecule has 0 saturated carbocycles. The second-order valence-corrected chi connectivity index (χ2v) is 21.8. The third-order valence-electron chi connectivity index (χ3n) is 13.3. The Balaban J connectivity index is 0.944. The van der Waals surface area contributed by atoms with Gasteiger partial charge in [0, 0.05) is 75.0 Å². The van der Waals surface area contributed by atoms with E-state index in [0.717, 1.165) is 28.7 Å². The van der Waals surface area contributed by atoms with Crippen LogP contribution >= 0.6 is 0 Å². The van der Waals surface area contributed by atoms with Crippen LogP contribution in [0, 0.1) is 22.5 Å². The van der Waals surface area contributed by atoms with Gasteiger partial charge in [-0.05, 0) is 48.6 Å². The first-order valence-corrected chi connectivity index (χ1v) is 28.9. The molecule has 1 aliphatic heterocycles. The van der Waals surface area contributed by atoms with Crippen molar-refractivity contribution in [3.05, 3.63) is 83.7 Å². The third kappa shape index (κ3) is 26.9. The van der Waals surface area contributed by atoms with E-state index in [0.29, 0.717) is 117 Å². The number of imide groups is 1. The molecular weight excluding hydrogens is 1110 g/mol. The van der Waals surface area contributed by atoms with Crippen LogP contribution in [0.2, 0.25) is 0 Å². The maximum absolute atomic E-state index is 15.1. The highest BCUT2D eigenvalue weighted by molar-refractivity contribution is 6.05. The number of halogens is 2. The molecule has 7 amide bonds. The first-order chi connectivity index (χ1) is 40.7. The van der Waals surface area contributed by atoms with Crippen LogP contribution in [0.5, 0.6) is 0 Å². The summed E-state index contributed by atoms with van der Waals surface area (Å²) in [6, 6.07) is 12.9. The topological polar surface area (TPSA) is 273 Å². The molecule has 474 valence electrons. The average molecular weight is 1200 g/mol. The average Bonchev–Trinajstić information content (AvgIpc) is 2.42. The summed E-state index contributed by atoms with van der Waals surface area (Å²) in [6.45, 7) is 16.2. The number of hydrogen-bond donors (Lipinski definition) is 5. The zero-order valence-electron chi connectivity index (χ0n) is 50.2. The van der Waals surface area contributed by atoms with Crippen LogP contribution in [0.4, 0.5) is 8.78 Å². The lowest BCUT2D eigenvalue weighted by molar-refractivity contribution is -0.141. The lowest BCUT2D eigenvalue weighted by atomic mass is 9.83. The van der Waals surface area contributed by atoms with Gasteiger partial charge in [0.2, 0.25) is 41.4 Å². The molecule has 0 spiro atoms. The highest BCUT2D eigenvalue weighted by atomic mass is 19.1. The molecule has 0 unspecified atom stereocenters. The monoisotopic (exact) mass is 1200 g/mol. The minimum atomic E-state index is -0.949. The Bertz CT molecular complexity index is 2530. The van der Waals surface area contributed by atoms with Gasteiger partial charge in [-0.3, -0.25) is 38.5 Å². The van der Waals surface area contributed by atoms with Gasteiger partial charge in [-0.1, -0.05) is 65.0 Å². The molecule has 2 aromatic carbocycles. The van der Waals surface area contributed by atoms with Gasteiger partial charge >= 0.3 is 0 Å². The molecule has 23 nitrogen and oxygen atoms in total. The van der Waals surface area contributed by atoms with Crippen LogP contribution in [-0.4, -0.2) is 212 Å². The molecule has 0 bridgehead atoms. The molecule has 0 aliphatic carbocycles. The van der Waals surface area contributed by atoms with Crippen molar-refractivity contribution < 1.29 is 85.3 Å². The molecule has 1 saturated heterocycles. The predicted octanol–water partition coefficient (Wildman–Crippen LogP) is 3.33. The highest BCUT2D eigenvalue weighted by Gasteiger charge is 2.44. The van der Waals surface area contributed by atoms with Crippen LogP contribution in [0.15, 0.2) is 60.8 Å². The molecule has 1 aliphatic rings. The highest BCUT2D eigenvalue weighted by Crippen LogP contribution is 2.41. The van der Waals surface area contributed by atoms with Crippen molar-refractivity contribution in [1.82, 2.24) is 35.6 Å². The van der Waals surface area contributed by atoms with E-state index in [1.807, 2.05) is 55.7 Å². The van der Waals surface area contributed by atoms with Crippen molar-refractivity contribution in [1.29, 1.82) is 0 Å². The van der Waals surface area contributed by atoms with Crippen LogP contribution in [0.25, 0.3) is 11.1 Å². The third-order valence-corrected chi connectivity index (χ3v) is 13.3. The quantitative estimate of drug-likeness (QED) is 0.0401. The van der Waals surface area contributed by atoms with Gasteiger partial charge in [-0.25, -0.2) is 8.78 Å². The number of carbonyl (C=O) groups is 7. The Labute approximate surface area is 497 Å². The van der Waals surface area contributed by atoms with E-state index in [2.05, 4.69) is 21.3 Å². The number of ether oxygens (including phenoxy) is 8. The molecule has 85 heavy (non-hydrogen) atoms. The van der Waals surface area contributed by atoms with Gasteiger partial charge in [0.25, 0.3) is 0 Å². The zero-order valence-corrected chi connectivity index (χ0v) is 50.2. The van der Waals surface area contributed by atoms with Crippen LogP contribution < -0.4 is 21.3 Å². The number of aliphatic hydroxyl groups is 1. The second-order valence-electron chi connectivity index (χ2n) is 21.8. The van der Waals surface area contributed by atoms with Gasteiger partial charge in [0.1, 0.15) is 24.3 Å². The number of nitrogens with one attached hydrogen (secondary N) is 4. The minimum Gasteiger partial charge on any atom is -0.387 e. The van der Waals surface area contributed by atoms with Crippen LogP contribution in [0.1, 0.15) is 84.5 Å². The summed E-state index contributed by atoms with van der Waals surface area (Å²) >= 11 is 0. The van der Waals surface area contributed by atoms with Crippen molar-refractivity contribution in [3.63, 3.8) is 0 Å². The Morgan fingerprint density at radius 2 is 1.22 bits per heavy atom. The maximum atomic E-state index is 15.1. The molecule has 2 heterocycles. The van der Waals surface area contributed by atoms with E-state index >= 15 is 4.39 Å². The van der Waals surface area contributed by atoms with Crippen molar-refractivity contribution >= 4 is 41.4 Å². The smallest absolute Gasteiger partial charge is 0.248 e. The van der Waals surface area contributed by atoms with E-state index in [1.165, 1.54) is 11.8 Å². The van der Waals surface area contributed by atoms with E-state index < -0.39 is 64.8 Å². The molecule has 25 heteroatoms. The van der Waals surface area contributed by atoms with E-state index in [9.17, 15) is 43.1 Å². The van der Waals surface area contributed by atoms with Gasteiger partial charge in [-0.15, -0.1) is 0 Å². The predicted molar refractivity (Wildman–Crippen MR) is 308 cm³/mol.